The zero-order valence-corrected chi connectivity index (χ0v) is 32.5. The molecule has 2 unspecified atom stereocenters. The van der Waals surface area contributed by atoms with Crippen molar-refractivity contribution in [1.82, 2.24) is 25.4 Å². The number of benzene rings is 5. The minimum atomic E-state index is -0.295. The molecule has 0 bridgehead atoms. The Morgan fingerprint density at radius 1 is 0.483 bits per heavy atom. The Labute approximate surface area is 338 Å². The second-order valence-corrected chi connectivity index (χ2v) is 14.7. The predicted octanol–water partition coefficient (Wildman–Crippen LogP) is 10.7. The van der Waals surface area contributed by atoms with Crippen LogP contribution in [0, 0.1) is 0 Å². The van der Waals surface area contributed by atoms with Gasteiger partial charge in [-0.2, -0.15) is 10.2 Å². The average molecular weight is 758 g/mol. The fourth-order valence-corrected chi connectivity index (χ4v) is 8.44. The number of pyridine rings is 1. The number of H-pyrrole nitrogens is 2. The Balaban J connectivity index is 0.000000150. The van der Waals surface area contributed by atoms with Crippen LogP contribution in [0.15, 0.2) is 176 Å². The van der Waals surface area contributed by atoms with Gasteiger partial charge in [-0.1, -0.05) is 146 Å². The highest BCUT2D eigenvalue weighted by Gasteiger charge is 2.38. The normalized spacial score (nSPS) is 17.7. The van der Waals surface area contributed by atoms with Crippen LogP contribution in [0.2, 0.25) is 0 Å². The van der Waals surface area contributed by atoms with Crippen LogP contribution in [-0.4, -0.2) is 39.6 Å². The molecule has 2 aliphatic carbocycles. The summed E-state index contributed by atoms with van der Waals surface area (Å²) in [5.41, 5.74) is 12.8. The smallest absolute Gasteiger partial charge is 0.119 e. The van der Waals surface area contributed by atoms with Gasteiger partial charge in [-0.25, -0.2) is 0 Å². The minimum Gasteiger partial charge on any atom is -0.497 e. The van der Waals surface area contributed by atoms with E-state index in [1.807, 2.05) is 48.5 Å². The maximum atomic E-state index is 5.51. The van der Waals surface area contributed by atoms with E-state index >= 15 is 0 Å². The van der Waals surface area contributed by atoms with Crippen LogP contribution in [0.4, 0.5) is 0 Å². The minimum absolute atomic E-state index is 0.275. The first kappa shape index (κ1) is 36.4. The quantitative estimate of drug-likeness (QED) is 0.161. The molecule has 7 nitrogen and oxygen atoms in total. The van der Waals surface area contributed by atoms with Crippen LogP contribution in [0.25, 0.3) is 34.8 Å². The Morgan fingerprint density at radius 3 is 1.45 bits per heavy atom. The molecule has 8 aromatic rings. The summed E-state index contributed by atoms with van der Waals surface area (Å²) in [6.45, 7) is 0. The number of nitrogens with one attached hydrogen (secondary N) is 2. The van der Waals surface area contributed by atoms with Gasteiger partial charge >= 0.3 is 0 Å². The molecule has 0 saturated carbocycles. The van der Waals surface area contributed by atoms with E-state index in [0.717, 1.165) is 63.9 Å². The Kier molecular flexibility index (Phi) is 9.86. The van der Waals surface area contributed by atoms with Crippen molar-refractivity contribution >= 4 is 12.2 Å². The number of aromatic nitrogens is 5. The zero-order chi connectivity index (χ0) is 39.4. The summed E-state index contributed by atoms with van der Waals surface area (Å²) in [6.07, 6.45) is 12.4. The molecule has 0 fully saturated rings. The van der Waals surface area contributed by atoms with Gasteiger partial charge in [0.2, 0.25) is 0 Å². The summed E-state index contributed by atoms with van der Waals surface area (Å²) >= 11 is 0. The standard InChI is InChI=1S/C26H22N2O.C25H21N3O/c1-29-22-14-8-13-21(17-22)26(20-11-6-3-7-12-20)16-15-23-24(18-26)27-28-25(23)19-9-4-2-5-10-19;1-29-20-11-7-10-19(16-20)25(18-8-3-2-4-9-18)14-13-21-23(17-25)27-28-24(21)22-12-5-6-15-26-22/h2-17H,18H2,1H3,(H,27,28);2-16H,17H2,1H3,(H,27,28). The van der Waals surface area contributed by atoms with E-state index in [4.69, 9.17) is 9.47 Å². The molecule has 58 heavy (non-hydrogen) atoms. The summed E-state index contributed by atoms with van der Waals surface area (Å²) in [4.78, 5) is 4.47. The van der Waals surface area contributed by atoms with Gasteiger partial charge in [0.15, 0.2) is 0 Å². The highest BCUT2D eigenvalue weighted by Crippen LogP contribution is 2.45. The fourth-order valence-electron chi connectivity index (χ4n) is 8.44. The van der Waals surface area contributed by atoms with Crippen LogP contribution >= 0.6 is 0 Å². The third-order valence-electron chi connectivity index (χ3n) is 11.4. The van der Waals surface area contributed by atoms with Crippen molar-refractivity contribution in [2.24, 2.45) is 0 Å². The monoisotopic (exact) mass is 757 g/mol. The fraction of sp³-hybridized carbons (Fsp3) is 0.118. The zero-order valence-electron chi connectivity index (χ0n) is 32.5. The molecule has 3 heterocycles. The number of methoxy groups -OCH3 is 2. The molecule has 7 heteroatoms. The summed E-state index contributed by atoms with van der Waals surface area (Å²) in [5, 5.41) is 15.8. The van der Waals surface area contributed by atoms with Gasteiger partial charge in [0.25, 0.3) is 0 Å². The molecule has 0 radical (unpaired) electrons. The first-order valence-corrected chi connectivity index (χ1v) is 19.5. The average Bonchev–Trinajstić information content (AvgIpc) is 3.94. The van der Waals surface area contributed by atoms with Gasteiger partial charge in [0.05, 0.1) is 25.6 Å². The molecule has 5 aromatic carbocycles. The highest BCUT2D eigenvalue weighted by atomic mass is 16.5. The summed E-state index contributed by atoms with van der Waals surface area (Å²) in [7, 11) is 3.42. The van der Waals surface area contributed by atoms with Crippen LogP contribution in [-0.2, 0) is 23.7 Å². The number of hydrogen-bond acceptors (Lipinski definition) is 5. The Hall–Kier alpha value is -7.25. The molecule has 3 aromatic heterocycles. The molecule has 0 aliphatic heterocycles. The van der Waals surface area contributed by atoms with Gasteiger partial charge in [-0.3, -0.25) is 15.2 Å². The molecular formula is C51H43N5O2. The number of rotatable bonds is 8. The van der Waals surface area contributed by atoms with Crippen LogP contribution in [0.1, 0.15) is 44.8 Å². The molecule has 0 spiro atoms. The first-order chi connectivity index (χ1) is 28.6. The van der Waals surface area contributed by atoms with Crippen molar-refractivity contribution in [2.45, 2.75) is 23.7 Å². The maximum absolute atomic E-state index is 5.51. The van der Waals surface area contributed by atoms with Crippen molar-refractivity contribution in [1.29, 1.82) is 0 Å². The van der Waals surface area contributed by atoms with E-state index in [1.165, 1.54) is 27.8 Å². The van der Waals surface area contributed by atoms with Crippen LogP contribution in [0.3, 0.4) is 0 Å². The molecule has 284 valence electrons. The lowest BCUT2D eigenvalue weighted by Gasteiger charge is -2.34. The van der Waals surface area contributed by atoms with Crippen molar-refractivity contribution in [3.05, 3.63) is 221 Å². The number of nitrogens with zero attached hydrogens (tertiary/aromatic N) is 3. The van der Waals surface area contributed by atoms with Gasteiger partial charge in [0.1, 0.15) is 17.2 Å². The van der Waals surface area contributed by atoms with E-state index in [2.05, 4.69) is 159 Å². The van der Waals surface area contributed by atoms with Gasteiger partial charge < -0.3 is 9.47 Å². The largest absolute Gasteiger partial charge is 0.497 e. The molecule has 2 atom stereocenters. The lowest BCUT2D eigenvalue weighted by molar-refractivity contribution is 0.413. The van der Waals surface area contributed by atoms with E-state index in [-0.39, 0.29) is 10.8 Å². The maximum Gasteiger partial charge on any atom is 0.119 e. The lowest BCUT2D eigenvalue weighted by Crippen LogP contribution is -2.30. The molecule has 2 aliphatic rings. The molecule has 2 N–H and O–H groups in total. The Morgan fingerprint density at radius 2 is 0.948 bits per heavy atom. The van der Waals surface area contributed by atoms with Crippen molar-refractivity contribution in [3.8, 4) is 34.1 Å². The van der Waals surface area contributed by atoms with Crippen molar-refractivity contribution in [3.63, 3.8) is 0 Å². The second kappa shape index (κ2) is 15.7. The SMILES string of the molecule is COc1cccc(C2(c3ccccc3)C=Cc3c(-c4ccccc4)n[nH]c3C2)c1.COc1cccc(C2(c3ccccc3)C=Cc3c(-c4ccccn4)n[nH]c3C2)c1. The predicted molar refractivity (Wildman–Crippen MR) is 232 cm³/mol. The summed E-state index contributed by atoms with van der Waals surface area (Å²) in [6, 6.07) is 54.2. The van der Waals surface area contributed by atoms with E-state index < -0.39 is 0 Å². The molecule has 10 rings (SSSR count). The third-order valence-corrected chi connectivity index (χ3v) is 11.4. The van der Waals surface area contributed by atoms with E-state index in [1.54, 1.807) is 20.4 Å². The Bertz CT molecular complexity index is 2520. The number of fused-ring (bicyclic) bond motifs is 2. The third kappa shape index (κ3) is 6.71. The van der Waals surface area contributed by atoms with Crippen molar-refractivity contribution in [2.75, 3.05) is 14.2 Å². The number of ether oxygens (including phenoxy) is 2. The van der Waals surface area contributed by atoms with Crippen LogP contribution in [0.5, 0.6) is 11.5 Å². The lowest BCUT2D eigenvalue weighted by atomic mass is 9.68. The van der Waals surface area contributed by atoms with Gasteiger partial charge in [-0.15, -0.1) is 0 Å². The number of allylic oxidation sites excluding steroid dienone is 2. The second-order valence-electron chi connectivity index (χ2n) is 14.7. The summed E-state index contributed by atoms with van der Waals surface area (Å²) < 4.78 is 11.0. The summed E-state index contributed by atoms with van der Waals surface area (Å²) in [5.74, 6) is 1.72. The number of hydrogen-bond donors (Lipinski definition) is 2. The van der Waals surface area contributed by atoms with E-state index in [9.17, 15) is 0 Å². The van der Waals surface area contributed by atoms with Gasteiger partial charge in [0, 0.05) is 57.9 Å². The highest BCUT2D eigenvalue weighted by molar-refractivity contribution is 5.77. The molecule has 0 amide bonds. The number of aromatic amines is 2. The topological polar surface area (TPSA) is 88.7 Å². The van der Waals surface area contributed by atoms with Crippen LogP contribution < -0.4 is 9.47 Å². The van der Waals surface area contributed by atoms with Gasteiger partial charge in [-0.05, 0) is 58.7 Å². The molecule has 0 saturated heterocycles. The van der Waals surface area contributed by atoms with E-state index in [0.29, 0.717) is 0 Å². The molecular weight excluding hydrogens is 715 g/mol. The van der Waals surface area contributed by atoms with Crippen molar-refractivity contribution < 1.29 is 9.47 Å². The first-order valence-electron chi connectivity index (χ1n) is 19.5.